The molecule has 1 nitrogen and oxygen atoms in total. The van der Waals surface area contributed by atoms with Crippen molar-refractivity contribution in [2.24, 2.45) is 13.0 Å². The molecule has 1 aliphatic rings. The molecule has 0 aliphatic heterocycles. The summed E-state index contributed by atoms with van der Waals surface area (Å²) in [6.45, 7) is 2.20. The first-order valence-corrected chi connectivity index (χ1v) is 8.28. The van der Waals surface area contributed by atoms with Crippen LogP contribution in [-0.2, 0) is 13.5 Å². The molecule has 1 aliphatic carbocycles. The zero-order chi connectivity index (χ0) is 14.7. The molecule has 0 N–H and O–H groups in total. The highest BCUT2D eigenvalue weighted by atomic mass is 14.9. The first kappa shape index (κ1) is 14.3. The SMILES string of the molecule is Cc1ccccc1-c1cc(CC2CCCCC2)cc[n+]1C. The van der Waals surface area contributed by atoms with Crippen LogP contribution in [0.25, 0.3) is 11.3 Å². The van der Waals surface area contributed by atoms with E-state index < -0.39 is 0 Å². The minimum atomic E-state index is 0.899. The van der Waals surface area contributed by atoms with Gasteiger partial charge in [-0.3, -0.25) is 0 Å². The van der Waals surface area contributed by atoms with Gasteiger partial charge in [-0.05, 0) is 36.5 Å². The molecule has 0 saturated heterocycles. The van der Waals surface area contributed by atoms with Crippen molar-refractivity contribution in [1.29, 1.82) is 0 Å². The molecule has 1 aromatic heterocycles. The lowest BCUT2D eigenvalue weighted by Gasteiger charge is -2.21. The van der Waals surface area contributed by atoms with E-state index in [1.807, 2.05) is 0 Å². The van der Waals surface area contributed by atoms with Crippen LogP contribution in [0.2, 0.25) is 0 Å². The van der Waals surface area contributed by atoms with Crippen LogP contribution in [0.15, 0.2) is 42.6 Å². The van der Waals surface area contributed by atoms with Crippen molar-refractivity contribution in [3.63, 3.8) is 0 Å². The predicted molar refractivity (Wildman–Crippen MR) is 88.1 cm³/mol. The lowest BCUT2D eigenvalue weighted by atomic mass is 9.85. The summed E-state index contributed by atoms with van der Waals surface area (Å²) in [4.78, 5) is 0. The Balaban J connectivity index is 1.87. The van der Waals surface area contributed by atoms with Gasteiger partial charge in [-0.25, -0.2) is 4.57 Å². The van der Waals surface area contributed by atoms with Crippen molar-refractivity contribution in [3.8, 4) is 11.3 Å². The van der Waals surface area contributed by atoms with E-state index in [9.17, 15) is 0 Å². The number of pyridine rings is 1. The summed E-state index contributed by atoms with van der Waals surface area (Å²) in [5.74, 6) is 0.899. The van der Waals surface area contributed by atoms with E-state index in [0.717, 1.165) is 5.92 Å². The predicted octanol–water partition coefficient (Wildman–Crippen LogP) is 4.61. The third-order valence-electron chi connectivity index (χ3n) is 4.88. The van der Waals surface area contributed by atoms with Gasteiger partial charge >= 0.3 is 0 Å². The van der Waals surface area contributed by atoms with Crippen molar-refractivity contribution in [2.75, 3.05) is 0 Å². The van der Waals surface area contributed by atoms with Crippen LogP contribution in [0.5, 0.6) is 0 Å². The zero-order valence-corrected chi connectivity index (χ0v) is 13.3. The van der Waals surface area contributed by atoms with Crippen LogP contribution in [0, 0.1) is 12.8 Å². The van der Waals surface area contributed by atoms with Crippen molar-refractivity contribution in [1.82, 2.24) is 0 Å². The molecular formula is C20H26N+. The van der Waals surface area contributed by atoms with Gasteiger partial charge in [0.1, 0.15) is 7.05 Å². The summed E-state index contributed by atoms with van der Waals surface area (Å²) in [5.41, 5.74) is 5.54. The Labute approximate surface area is 128 Å². The van der Waals surface area contributed by atoms with Crippen LogP contribution >= 0.6 is 0 Å². The zero-order valence-electron chi connectivity index (χ0n) is 13.3. The fraction of sp³-hybridized carbons (Fsp3) is 0.450. The number of aryl methyl sites for hydroxylation is 2. The third-order valence-corrected chi connectivity index (χ3v) is 4.88. The highest BCUT2D eigenvalue weighted by molar-refractivity contribution is 5.61. The number of benzene rings is 1. The maximum absolute atomic E-state index is 2.40. The van der Waals surface area contributed by atoms with E-state index in [-0.39, 0.29) is 0 Å². The van der Waals surface area contributed by atoms with Gasteiger partial charge in [0.2, 0.25) is 5.69 Å². The van der Waals surface area contributed by atoms with E-state index in [1.165, 1.54) is 60.9 Å². The number of nitrogens with zero attached hydrogens (tertiary/aromatic N) is 1. The standard InChI is InChI=1S/C20H26N/c1-16-8-6-7-11-19(16)20-15-18(12-13-21(20)2)14-17-9-4-3-5-10-17/h6-8,11-13,15,17H,3-5,9-10,14H2,1-2H3/q+1. The molecule has 110 valence electrons. The quantitative estimate of drug-likeness (QED) is 0.723. The molecule has 1 fully saturated rings. The molecule has 1 saturated carbocycles. The van der Waals surface area contributed by atoms with Crippen LogP contribution in [0.4, 0.5) is 0 Å². The second-order valence-electron chi connectivity index (χ2n) is 6.55. The smallest absolute Gasteiger partial charge is 0.201 e. The molecule has 0 unspecified atom stereocenters. The Kier molecular flexibility index (Phi) is 4.38. The van der Waals surface area contributed by atoms with Gasteiger partial charge in [-0.15, -0.1) is 0 Å². The Morgan fingerprint density at radius 2 is 1.81 bits per heavy atom. The van der Waals surface area contributed by atoms with Crippen molar-refractivity contribution in [2.45, 2.75) is 45.4 Å². The summed E-state index contributed by atoms with van der Waals surface area (Å²) >= 11 is 0. The molecule has 1 heterocycles. The molecule has 0 spiro atoms. The summed E-state index contributed by atoms with van der Waals surface area (Å²) < 4.78 is 2.24. The number of hydrogen-bond acceptors (Lipinski definition) is 0. The van der Waals surface area contributed by atoms with Crippen LogP contribution < -0.4 is 4.57 Å². The summed E-state index contributed by atoms with van der Waals surface area (Å²) in [6.07, 6.45) is 10.6. The van der Waals surface area contributed by atoms with E-state index >= 15 is 0 Å². The highest BCUT2D eigenvalue weighted by Crippen LogP contribution is 2.28. The van der Waals surface area contributed by atoms with Gasteiger partial charge in [0.25, 0.3) is 0 Å². The van der Waals surface area contributed by atoms with Gasteiger partial charge in [-0.2, -0.15) is 0 Å². The van der Waals surface area contributed by atoms with Gasteiger partial charge < -0.3 is 0 Å². The Morgan fingerprint density at radius 3 is 2.57 bits per heavy atom. The molecule has 3 rings (SSSR count). The largest absolute Gasteiger partial charge is 0.212 e. The topological polar surface area (TPSA) is 3.88 Å². The van der Waals surface area contributed by atoms with Crippen LogP contribution in [0.1, 0.15) is 43.2 Å². The molecule has 0 radical (unpaired) electrons. The average molecular weight is 280 g/mol. The van der Waals surface area contributed by atoms with Gasteiger partial charge in [0, 0.05) is 17.7 Å². The Morgan fingerprint density at radius 1 is 1.05 bits per heavy atom. The molecule has 0 atom stereocenters. The maximum Gasteiger partial charge on any atom is 0.212 e. The molecule has 1 aromatic carbocycles. The normalized spacial score (nSPS) is 16.1. The molecule has 0 bridgehead atoms. The van der Waals surface area contributed by atoms with Gasteiger partial charge in [0.15, 0.2) is 6.20 Å². The second-order valence-corrected chi connectivity index (χ2v) is 6.55. The van der Waals surface area contributed by atoms with Gasteiger partial charge in [0.05, 0.1) is 0 Å². The van der Waals surface area contributed by atoms with E-state index in [1.54, 1.807) is 0 Å². The maximum atomic E-state index is 2.40. The van der Waals surface area contributed by atoms with Crippen molar-refractivity contribution in [3.05, 3.63) is 53.7 Å². The molecular weight excluding hydrogens is 254 g/mol. The number of rotatable bonds is 3. The minimum absolute atomic E-state index is 0.899. The lowest BCUT2D eigenvalue weighted by molar-refractivity contribution is -0.660. The minimum Gasteiger partial charge on any atom is -0.201 e. The Hall–Kier alpha value is -1.63. The fourth-order valence-corrected chi connectivity index (χ4v) is 3.59. The number of hydrogen-bond donors (Lipinski definition) is 0. The summed E-state index contributed by atoms with van der Waals surface area (Å²) in [7, 11) is 2.15. The first-order valence-electron chi connectivity index (χ1n) is 8.28. The van der Waals surface area contributed by atoms with E-state index in [2.05, 4.69) is 61.1 Å². The van der Waals surface area contributed by atoms with Crippen LogP contribution in [-0.4, -0.2) is 0 Å². The summed E-state index contributed by atoms with van der Waals surface area (Å²) in [5, 5.41) is 0. The molecule has 1 heteroatoms. The molecule has 21 heavy (non-hydrogen) atoms. The monoisotopic (exact) mass is 280 g/mol. The van der Waals surface area contributed by atoms with E-state index in [0.29, 0.717) is 0 Å². The third kappa shape index (κ3) is 3.34. The molecule has 2 aromatic rings. The number of aromatic nitrogens is 1. The second kappa shape index (κ2) is 6.43. The van der Waals surface area contributed by atoms with E-state index in [4.69, 9.17) is 0 Å². The Bertz CT molecular complexity index is 609. The van der Waals surface area contributed by atoms with Crippen molar-refractivity contribution < 1.29 is 4.57 Å². The molecule has 0 amide bonds. The average Bonchev–Trinajstić information content (AvgIpc) is 2.51. The van der Waals surface area contributed by atoms with Crippen molar-refractivity contribution >= 4 is 0 Å². The highest BCUT2D eigenvalue weighted by Gasteiger charge is 2.17. The van der Waals surface area contributed by atoms with Crippen LogP contribution in [0.3, 0.4) is 0 Å². The first-order chi connectivity index (χ1) is 10.2. The fourth-order valence-electron chi connectivity index (χ4n) is 3.59. The van der Waals surface area contributed by atoms with Gasteiger partial charge in [-0.1, -0.05) is 50.3 Å². The lowest BCUT2D eigenvalue weighted by Crippen LogP contribution is -2.31. The summed E-state index contributed by atoms with van der Waals surface area (Å²) in [6, 6.07) is 13.4.